The number of nitrogens with two attached hydrogens (primary N) is 1. The van der Waals surface area contributed by atoms with Gasteiger partial charge in [-0.05, 0) is 33.9 Å². The average molecular weight is 223 g/mol. The van der Waals surface area contributed by atoms with Crippen LogP contribution in [-0.4, -0.2) is 24.2 Å². The molecule has 16 heavy (non-hydrogen) atoms. The van der Waals surface area contributed by atoms with Crippen molar-refractivity contribution in [2.45, 2.75) is 32.4 Å². The molecule has 0 bridgehead atoms. The zero-order chi connectivity index (χ0) is 12.2. The lowest BCUT2D eigenvalue weighted by atomic mass is 9.92. The largest absolute Gasteiger partial charge is 0.398 e. The van der Waals surface area contributed by atoms with Gasteiger partial charge in [0.1, 0.15) is 0 Å². The maximum atomic E-state index is 5.95. The van der Waals surface area contributed by atoms with Crippen LogP contribution >= 0.6 is 0 Å². The topological polar surface area (TPSA) is 60.2 Å². The molecule has 4 heteroatoms. The summed E-state index contributed by atoms with van der Waals surface area (Å²) in [4.78, 5) is 4.11. The Balaban J connectivity index is 3.03. The lowest BCUT2D eigenvalue weighted by molar-refractivity contribution is -0.0373. The van der Waals surface area contributed by atoms with Crippen molar-refractivity contribution in [3.8, 4) is 0 Å². The molecule has 1 unspecified atom stereocenters. The summed E-state index contributed by atoms with van der Waals surface area (Å²) < 4.78 is 5.75. The second-order valence-corrected chi connectivity index (χ2v) is 4.26. The predicted molar refractivity (Wildman–Crippen MR) is 66.2 cm³/mol. The minimum Gasteiger partial charge on any atom is -0.398 e. The Morgan fingerprint density at radius 3 is 2.75 bits per heavy atom. The zero-order valence-corrected chi connectivity index (χ0v) is 10.4. The molecule has 0 saturated carbocycles. The van der Waals surface area contributed by atoms with E-state index in [0.29, 0.717) is 6.61 Å². The number of aromatic nitrogens is 1. The van der Waals surface area contributed by atoms with Crippen LogP contribution < -0.4 is 11.1 Å². The Morgan fingerprint density at radius 2 is 2.25 bits per heavy atom. The normalized spacial score (nSPS) is 13.8. The van der Waals surface area contributed by atoms with Gasteiger partial charge in [0.25, 0.3) is 0 Å². The Bertz CT molecular complexity index is 339. The van der Waals surface area contributed by atoms with Crippen LogP contribution in [0.1, 0.15) is 32.4 Å². The lowest BCUT2D eigenvalue weighted by Gasteiger charge is -2.34. The van der Waals surface area contributed by atoms with Gasteiger partial charge in [0.05, 0.1) is 11.6 Å². The van der Waals surface area contributed by atoms with Crippen molar-refractivity contribution in [1.29, 1.82) is 0 Å². The molecule has 0 fully saturated rings. The van der Waals surface area contributed by atoms with E-state index in [0.717, 1.165) is 11.3 Å². The van der Waals surface area contributed by atoms with E-state index in [9.17, 15) is 0 Å². The maximum Gasteiger partial charge on any atom is 0.0821 e. The van der Waals surface area contributed by atoms with Gasteiger partial charge in [-0.25, -0.2) is 0 Å². The van der Waals surface area contributed by atoms with E-state index >= 15 is 0 Å². The van der Waals surface area contributed by atoms with Crippen LogP contribution in [0.2, 0.25) is 0 Å². The number of anilines is 1. The molecule has 4 nitrogen and oxygen atoms in total. The van der Waals surface area contributed by atoms with Crippen LogP contribution in [0.15, 0.2) is 18.5 Å². The van der Waals surface area contributed by atoms with Gasteiger partial charge in [0.15, 0.2) is 0 Å². The van der Waals surface area contributed by atoms with Crippen molar-refractivity contribution in [2.24, 2.45) is 0 Å². The summed E-state index contributed by atoms with van der Waals surface area (Å²) >= 11 is 0. The summed E-state index contributed by atoms with van der Waals surface area (Å²) in [6.07, 6.45) is 3.48. The third-order valence-electron chi connectivity index (χ3n) is 2.70. The molecular formula is C12H21N3O. The number of nitrogens with zero attached hydrogens (tertiary/aromatic N) is 1. The first kappa shape index (κ1) is 12.9. The van der Waals surface area contributed by atoms with E-state index in [2.05, 4.69) is 10.3 Å². The molecule has 0 saturated heterocycles. The van der Waals surface area contributed by atoms with Crippen molar-refractivity contribution in [3.63, 3.8) is 0 Å². The molecule has 0 radical (unpaired) electrons. The fourth-order valence-electron chi connectivity index (χ4n) is 1.99. The maximum absolute atomic E-state index is 5.95. The molecule has 1 heterocycles. The molecule has 1 atom stereocenters. The highest BCUT2D eigenvalue weighted by Gasteiger charge is 2.31. The van der Waals surface area contributed by atoms with Crippen LogP contribution in [0.3, 0.4) is 0 Å². The predicted octanol–water partition coefficient (Wildman–Crippen LogP) is 1.74. The van der Waals surface area contributed by atoms with Crippen molar-refractivity contribution < 1.29 is 4.74 Å². The molecule has 0 aliphatic carbocycles. The van der Waals surface area contributed by atoms with Crippen LogP contribution in [-0.2, 0) is 4.74 Å². The second-order valence-electron chi connectivity index (χ2n) is 4.26. The number of rotatable bonds is 5. The molecule has 0 aliphatic rings. The smallest absolute Gasteiger partial charge is 0.0821 e. The Morgan fingerprint density at radius 1 is 1.56 bits per heavy atom. The van der Waals surface area contributed by atoms with Crippen molar-refractivity contribution in [1.82, 2.24) is 10.3 Å². The fourth-order valence-corrected chi connectivity index (χ4v) is 1.99. The third kappa shape index (κ3) is 2.71. The monoisotopic (exact) mass is 223 g/mol. The fraction of sp³-hybridized carbons (Fsp3) is 0.583. The van der Waals surface area contributed by atoms with Gasteiger partial charge in [-0.1, -0.05) is 0 Å². The molecule has 1 aromatic heterocycles. The third-order valence-corrected chi connectivity index (χ3v) is 2.70. The van der Waals surface area contributed by atoms with Crippen molar-refractivity contribution >= 4 is 5.69 Å². The summed E-state index contributed by atoms with van der Waals surface area (Å²) in [5, 5.41) is 3.24. The molecule has 90 valence electrons. The number of hydrogen-bond acceptors (Lipinski definition) is 4. The molecule has 0 spiro atoms. The van der Waals surface area contributed by atoms with Gasteiger partial charge in [0.2, 0.25) is 0 Å². The zero-order valence-electron chi connectivity index (χ0n) is 10.4. The first-order valence-corrected chi connectivity index (χ1v) is 5.53. The molecule has 1 aromatic rings. The minimum atomic E-state index is -0.319. The van der Waals surface area contributed by atoms with E-state index in [1.54, 1.807) is 12.4 Å². The summed E-state index contributed by atoms with van der Waals surface area (Å²) in [6.45, 7) is 6.75. The van der Waals surface area contributed by atoms with E-state index in [4.69, 9.17) is 10.5 Å². The van der Waals surface area contributed by atoms with Crippen LogP contribution in [0.4, 0.5) is 5.69 Å². The van der Waals surface area contributed by atoms with Gasteiger partial charge in [0, 0.05) is 30.3 Å². The summed E-state index contributed by atoms with van der Waals surface area (Å²) in [7, 11) is 1.90. The summed E-state index contributed by atoms with van der Waals surface area (Å²) in [6, 6.07) is 1.84. The van der Waals surface area contributed by atoms with Gasteiger partial charge < -0.3 is 15.8 Å². The number of nitrogen functional groups attached to an aromatic ring is 1. The van der Waals surface area contributed by atoms with Crippen molar-refractivity contribution in [2.75, 3.05) is 19.4 Å². The van der Waals surface area contributed by atoms with Crippen LogP contribution in [0.5, 0.6) is 0 Å². The molecular weight excluding hydrogens is 202 g/mol. The number of likely N-dealkylation sites (N-methyl/N-ethyl adjacent to an activating group) is 1. The highest BCUT2D eigenvalue weighted by Crippen LogP contribution is 2.31. The van der Waals surface area contributed by atoms with E-state index < -0.39 is 0 Å². The van der Waals surface area contributed by atoms with Gasteiger partial charge in [-0.3, -0.25) is 4.98 Å². The number of nitrogens with one attached hydrogen (secondary N) is 1. The number of hydrogen-bond donors (Lipinski definition) is 2. The van der Waals surface area contributed by atoms with Gasteiger partial charge in [-0.15, -0.1) is 0 Å². The van der Waals surface area contributed by atoms with Crippen LogP contribution in [0.25, 0.3) is 0 Å². The SMILES string of the molecule is CCOC(C)(C)C(NC)c1cnccc1N. The van der Waals surface area contributed by atoms with E-state index in [1.165, 1.54) is 0 Å². The van der Waals surface area contributed by atoms with Crippen molar-refractivity contribution in [3.05, 3.63) is 24.0 Å². The second kappa shape index (κ2) is 5.27. The van der Waals surface area contributed by atoms with Gasteiger partial charge in [-0.2, -0.15) is 0 Å². The summed E-state index contributed by atoms with van der Waals surface area (Å²) in [5.74, 6) is 0. The molecule has 0 aromatic carbocycles. The van der Waals surface area contributed by atoms with Crippen LogP contribution in [0, 0.1) is 0 Å². The standard InChI is InChI=1S/C12H21N3O/c1-5-16-12(2,3)11(14-4)9-8-15-7-6-10(9)13/h6-8,11,14H,5H2,1-4H3,(H2,13,15). The number of ether oxygens (including phenoxy) is 1. The number of pyridine rings is 1. The Labute approximate surface area is 97.2 Å². The lowest BCUT2D eigenvalue weighted by Crippen LogP contribution is -2.40. The highest BCUT2D eigenvalue weighted by atomic mass is 16.5. The molecule has 0 aliphatic heterocycles. The van der Waals surface area contributed by atoms with E-state index in [-0.39, 0.29) is 11.6 Å². The van der Waals surface area contributed by atoms with Gasteiger partial charge >= 0.3 is 0 Å². The highest BCUT2D eigenvalue weighted by molar-refractivity contribution is 5.47. The Kier molecular flexibility index (Phi) is 4.26. The first-order valence-electron chi connectivity index (χ1n) is 5.53. The first-order chi connectivity index (χ1) is 7.53. The molecule has 1 rings (SSSR count). The quantitative estimate of drug-likeness (QED) is 0.798. The minimum absolute atomic E-state index is 0.0288. The molecule has 3 N–H and O–H groups in total. The average Bonchev–Trinajstić information content (AvgIpc) is 2.21. The summed E-state index contributed by atoms with van der Waals surface area (Å²) in [5.41, 5.74) is 7.35. The Hall–Kier alpha value is -1.13. The molecule has 0 amide bonds. The van der Waals surface area contributed by atoms with E-state index in [1.807, 2.05) is 33.9 Å².